The number of rotatable bonds is 63. The molecule has 1 fully saturated rings. The van der Waals surface area contributed by atoms with E-state index in [4.69, 9.17) is 9.47 Å². The van der Waals surface area contributed by atoms with Gasteiger partial charge >= 0.3 is 0 Å². The molecule has 0 bridgehead atoms. The van der Waals surface area contributed by atoms with E-state index in [0.717, 1.165) is 51.4 Å². The molecule has 1 rings (SSSR count). The second kappa shape index (κ2) is 62.2. The Morgan fingerprint density at radius 1 is 0.415 bits per heavy atom. The molecule has 0 aromatic heterocycles. The van der Waals surface area contributed by atoms with Gasteiger partial charge in [0.15, 0.2) is 6.29 Å². The average molecular weight is 1160 g/mol. The third kappa shape index (κ3) is 50.3. The molecule has 7 atom stereocenters. The summed E-state index contributed by atoms with van der Waals surface area (Å²) in [6.07, 6.45) is 77.9. The summed E-state index contributed by atoms with van der Waals surface area (Å²) in [7, 11) is 0. The number of aliphatic hydroxyl groups is 5. The van der Waals surface area contributed by atoms with Crippen molar-refractivity contribution in [3.05, 3.63) is 48.6 Å². The van der Waals surface area contributed by atoms with Gasteiger partial charge in [0, 0.05) is 6.42 Å². The summed E-state index contributed by atoms with van der Waals surface area (Å²) < 4.78 is 11.3. The van der Waals surface area contributed by atoms with Crippen LogP contribution in [0, 0.1) is 0 Å². The molecule has 482 valence electrons. The minimum atomic E-state index is -1.57. The Labute approximate surface area is 507 Å². The van der Waals surface area contributed by atoms with Gasteiger partial charge in [-0.25, -0.2) is 0 Å². The highest BCUT2D eigenvalue weighted by Crippen LogP contribution is 2.23. The molecule has 82 heavy (non-hydrogen) atoms. The fourth-order valence-electron chi connectivity index (χ4n) is 11.5. The first-order chi connectivity index (χ1) is 40.3. The van der Waals surface area contributed by atoms with Crippen molar-refractivity contribution in [2.24, 2.45) is 0 Å². The molecular formula is C73H137NO8. The van der Waals surface area contributed by atoms with Crippen molar-refractivity contribution >= 4 is 5.91 Å². The second-order valence-electron chi connectivity index (χ2n) is 25.0. The fraction of sp³-hybridized carbons (Fsp3) is 0.877. The highest BCUT2D eigenvalue weighted by Gasteiger charge is 2.44. The number of aliphatic hydroxyl groups excluding tert-OH is 5. The Balaban J connectivity index is 2.11. The van der Waals surface area contributed by atoms with Gasteiger partial charge in [0.2, 0.25) is 5.91 Å². The van der Waals surface area contributed by atoms with Crippen LogP contribution in [0.4, 0.5) is 0 Å². The molecule has 0 saturated carbocycles. The molecule has 0 radical (unpaired) electrons. The monoisotopic (exact) mass is 1160 g/mol. The zero-order valence-electron chi connectivity index (χ0n) is 54.0. The Morgan fingerprint density at radius 3 is 1.06 bits per heavy atom. The maximum Gasteiger partial charge on any atom is 0.220 e. The Kier molecular flexibility index (Phi) is 59.3. The zero-order chi connectivity index (χ0) is 59.3. The van der Waals surface area contributed by atoms with Crippen LogP contribution in [0.15, 0.2) is 48.6 Å². The normalized spacial score (nSPS) is 18.5. The van der Waals surface area contributed by atoms with Crippen molar-refractivity contribution in [2.45, 2.75) is 397 Å². The van der Waals surface area contributed by atoms with Gasteiger partial charge in [-0.3, -0.25) is 4.79 Å². The minimum absolute atomic E-state index is 0.171. The molecule has 0 spiro atoms. The number of unbranched alkanes of at least 4 members (excludes halogenated alkanes) is 47. The van der Waals surface area contributed by atoms with Crippen LogP contribution in [0.25, 0.3) is 0 Å². The predicted octanol–water partition coefficient (Wildman–Crippen LogP) is 19.6. The maximum atomic E-state index is 13.1. The van der Waals surface area contributed by atoms with Crippen LogP contribution in [0.3, 0.4) is 0 Å². The van der Waals surface area contributed by atoms with Crippen molar-refractivity contribution in [1.82, 2.24) is 5.32 Å². The standard InChI is InChI=1S/C73H137NO8/c1-3-5-7-9-11-13-15-17-19-21-23-25-27-29-31-32-33-34-35-36-37-39-41-43-45-47-49-51-53-55-57-59-61-63-69(77)74-66(65-81-73-72(80)71(79)70(78)68(64-75)82-73)67(76)62-60-58-56-54-52-50-48-46-44-42-40-38-30-28-26-24-22-20-18-16-14-12-10-8-6-4-2/h15,17,21,23,27,29,60,62,66-68,70-73,75-76,78-80H,3-14,16,18-20,22,24-26,28,30-59,61,63-65H2,1-2H3,(H,74,77)/b17-15-,23-21-,29-27-,62-60+. The van der Waals surface area contributed by atoms with Gasteiger partial charge in [0.25, 0.3) is 0 Å². The summed E-state index contributed by atoms with van der Waals surface area (Å²) in [5, 5.41) is 54.8. The van der Waals surface area contributed by atoms with Crippen LogP contribution >= 0.6 is 0 Å². The van der Waals surface area contributed by atoms with Crippen molar-refractivity contribution < 1.29 is 39.8 Å². The second-order valence-corrected chi connectivity index (χ2v) is 25.0. The number of allylic oxidation sites excluding steroid dienone is 7. The van der Waals surface area contributed by atoms with Crippen LogP contribution < -0.4 is 5.32 Å². The highest BCUT2D eigenvalue weighted by atomic mass is 16.7. The van der Waals surface area contributed by atoms with E-state index in [2.05, 4.69) is 55.6 Å². The van der Waals surface area contributed by atoms with E-state index in [-0.39, 0.29) is 12.5 Å². The van der Waals surface area contributed by atoms with E-state index in [1.165, 1.54) is 283 Å². The van der Waals surface area contributed by atoms with Crippen LogP contribution in [0.2, 0.25) is 0 Å². The third-order valence-electron chi connectivity index (χ3n) is 17.1. The van der Waals surface area contributed by atoms with Gasteiger partial charge < -0.3 is 40.3 Å². The summed E-state index contributed by atoms with van der Waals surface area (Å²) >= 11 is 0. The largest absolute Gasteiger partial charge is 0.394 e. The van der Waals surface area contributed by atoms with Crippen LogP contribution in [0.1, 0.15) is 354 Å². The van der Waals surface area contributed by atoms with E-state index >= 15 is 0 Å². The molecule has 9 nitrogen and oxygen atoms in total. The first-order valence-electron chi connectivity index (χ1n) is 35.9. The number of carbonyl (C=O) groups excluding carboxylic acids is 1. The van der Waals surface area contributed by atoms with Gasteiger partial charge in [0.05, 0.1) is 25.4 Å². The van der Waals surface area contributed by atoms with E-state index in [9.17, 15) is 30.3 Å². The lowest BCUT2D eigenvalue weighted by atomic mass is 9.99. The van der Waals surface area contributed by atoms with Crippen molar-refractivity contribution in [3.8, 4) is 0 Å². The Morgan fingerprint density at radius 2 is 0.720 bits per heavy atom. The zero-order valence-corrected chi connectivity index (χ0v) is 54.0. The number of carbonyl (C=O) groups is 1. The average Bonchev–Trinajstić information content (AvgIpc) is 3.57. The summed E-state index contributed by atoms with van der Waals surface area (Å²) in [5.74, 6) is -0.171. The van der Waals surface area contributed by atoms with Crippen molar-refractivity contribution in [2.75, 3.05) is 13.2 Å². The molecule has 1 amide bonds. The van der Waals surface area contributed by atoms with Gasteiger partial charge in [-0.05, 0) is 57.8 Å². The molecule has 1 heterocycles. The molecular weight excluding hydrogens is 1020 g/mol. The SMILES string of the molecule is CCCCCCC/C=C\C/C=C\C/C=C\CCCCCCCCCCCCCCCCCCCCC(=O)NC(COC1OC(CO)C(O)C(O)C1O)C(O)/C=C/CCCCCCCCCCCCCCCCCCCCCCCCCC. The lowest BCUT2D eigenvalue weighted by Crippen LogP contribution is -2.60. The molecule has 9 heteroatoms. The molecule has 0 aromatic rings. The van der Waals surface area contributed by atoms with Gasteiger partial charge in [-0.2, -0.15) is 0 Å². The molecule has 7 unspecified atom stereocenters. The van der Waals surface area contributed by atoms with E-state index in [0.29, 0.717) is 6.42 Å². The number of amides is 1. The molecule has 1 saturated heterocycles. The first kappa shape index (κ1) is 78.2. The number of nitrogens with one attached hydrogen (secondary N) is 1. The maximum absolute atomic E-state index is 13.1. The van der Waals surface area contributed by atoms with Gasteiger partial charge in [0.1, 0.15) is 24.4 Å². The lowest BCUT2D eigenvalue weighted by Gasteiger charge is -2.40. The van der Waals surface area contributed by atoms with Crippen molar-refractivity contribution in [1.29, 1.82) is 0 Å². The third-order valence-corrected chi connectivity index (χ3v) is 17.1. The first-order valence-corrected chi connectivity index (χ1v) is 35.9. The van der Waals surface area contributed by atoms with Crippen LogP contribution in [0.5, 0.6) is 0 Å². The van der Waals surface area contributed by atoms with E-state index in [1.54, 1.807) is 6.08 Å². The Hall–Kier alpha value is -1.85. The molecule has 6 N–H and O–H groups in total. The van der Waals surface area contributed by atoms with Gasteiger partial charge in [-0.15, -0.1) is 0 Å². The molecule has 1 aliphatic rings. The number of ether oxygens (including phenoxy) is 2. The summed E-state index contributed by atoms with van der Waals surface area (Å²) in [6, 6.07) is -0.806. The molecule has 0 aromatic carbocycles. The predicted molar refractivity (Wildman–Crippen MR) is 350 cm³/mol. The number of hydrogen-bond acceptors (Lipinski definition) is 8. The molecule has 1 aliphatic heterocycles. The summed E-state index contributed by atoms with van der Waals surface area (Å²) in [5.41, 5.74) is 0. The molecule has 0 aliphatic carbocycles. The highest BCUT2D eigenvalue weighted by molar-refractivity contribution is 5.76. The number of hydrogen-bond donors (Lipinski definition) is 6. The summed E-state index contributed by atoms with van der Waals surface area (Å²) in [6.45, 7) is 3.82. The smallest absolute Gasteiger partial charge is 0.220 e. The van der Waals surface area contributed by atoms with Gasteiger partial charge in [-0.1, -0.05) is 339 Å². The topological polar surface area (TPSA) is 149 Å². The van der Waals surface area contributed by atoms with Crippen LogP contribution in [-0.2, 0) is 14.3 Å². The van der Waals surface area contributed by atoms with Crippen molar-refractivity contribution in [3.63, 3.8) is 0 Å². The lowest BCUT2D eigenvalue weighted by molar-refractivity contribution is -0.302. The Bertz CT molecular complexity index is 1430. The summed E-state index contributed by atoms with van der Waals surface area (Å²) in [4.78, 5) is 13.1. The minimum Gasteiger partial charge on any atom is -0.394 e. The fourth-order valence-corrected chi connectivity index (χ4v) is 11.5. The van der Waals surface area contributed by atoms with E-state index in [1.807, 2.05) is 6.08 Å². The van der Waals surface area contributed by atoms with Crippen LogP contribution in [-0.4, -0.2) is 87.5 Å². The van der Waals surface area contributed by atoms with E-state index < -0.39 is 49.5 Å². The quantitative estimate of drug-likeness (QED) is 0.0261.